The van der Waals surface area contributed by atoms with Crippen molar-refractivity contribution in [2.75, 3.05) is 11.1 Å². The van der Waals surface area contributed by atoms with Crippen molar-refractivity contribution in [3.63, 3.8) is 0 Å². The Kier molecular flexibility index (Phi) is 3.39. The summed E-state index contributed by atoms with van der Waals surface area (Å²) in [6.07, 6.45) is 4.48. The van der Waals surface area contributed by atoms with Gasteiger partial charge in [0.25, 0.3) is 5.91 Å². The van der Waals surface area contributed by atoms with Gasteiger partial charge in [0.05, 0.1) is 17.0 Å². The van der Waals surface area contributed by atoms with E-state index in [0.717, 1.165) is 28.2 Å². The number of anilines is 2. The maximum Gasteiger partial charge on any atom is 0.275 e. The largest absolute Gasteiger partial charge is 0.399 e. The predicted octanol–water partition coefficient (Wildman–Crippen LogP) is 2.69. The summed E-state index contributed by atoms with van der Waals surface area (Å²) in [5.74, 6) is -0.188. The number of nitrogens with two attached hydrogens (primary N) is 1. The summed E-state index contributed by atoms with van der Waals surface area (Å²) < 4.78 is 0. The van der Waals surface area contributed by atoms with Gasteiger partial charge in [-0.2, -0.15) is 5.10 Å². The Morgan fingerprint density at radius 3 is 2.62 bits per heavy atom. The number of fused-ring (bicyclic) bond motifs is 1. The minimum Gasteiger partial charge on any atom is -0.399 e. The van der Waals surface area contributed by atoms with Crippen molar-refractivity contribution >= 4 is 29.1 Å². The number of hydrazone groups is 1. The molecule has 0 saturated heterocycles. The first kappa shape index (κ1) is 14.3. The Labute approximate surface area is 139 Å². The van der Waals surface area contributed by atoms with Gasteiger partial charge in [-0.05, 0) is 35.4 Å². The molecule has 0 fully saturated rings. The molecule has 2 aromatic carbocycles. The molecule has 24 heavy (non-hydrogen) atoms. The zero-order valence-electron chi connectivity index (χ0n) is 12.9. The molecule has 0 unspecified atom stereocenters. The molecule has 0 spiro atoms. The number of amides is 1. The van der Waals surface area contributed by atoms with Crippen LogP contribution in [0.1, 0.15) is 11.1 Å². The van der Waals surface area contributed by atoms with Crippen molar-refractivity contribution in [3.8, 4) is 0 Å². The Morgan fingerprint density at radius 2 is 1.79 bits per heavy atom. The third kappa shape index (κ3) is 2.56. The van der Waals surface area contributed by atoms with Gasteiger partial charge in [-0.25, -0.2) is 5.43 Å². The van der Waals surface area contributed by atoms with E-state index in [1.165, 1.54) is 0 Å². The zero-order valence-corrected chi connectivity index (χ0v) is 12.9. The van der Waals surface area contributed by atoms with Crippen molar-refractivity contribution in [1.82, 2.24) is 5.43 Å². The molecule has 2 aromatic rings. The Hall–Kier alpha value is -3.34. The van der Waals surface area contributed by atoms with Crippen molar-refractivity contribution in [3.05, 3.63) is 77.0 Å². The van der Waals surface area contributed by atoms with Gasteiger partial charge >= 0.3 is 0 Å². The molecule has 0 atom stereocenters. The Balaban J connectivity index is 1.67. The van der Waals surface area contributed by atoms with Crippen molar-refractivity contribution in [2.24, 2.45) is 5.10 Å². The highest BCUT2D eigenvalue weighted by Crippen LogP contribution is 2.27. The summed E-state index contributed by atoms with van der Waals surface area (Å²) in [7, 11) is 0. The highest BCUT2D eigenvalue weighted by molar-refractivity contribution is 6.26. The summed E-state index contributed by atoms with van der Waals surface area (Å²) >= 11 is 0. The molecule has 2 heterocycles. The van der Waals surface area contributed by atoms with Crippen LogP contribution in [-0.4, -0.2) is 11.6 Å². The number of nitrogens with zero attached hydrogens (tertiary/aromatic N) is 1. The number of hydrogen-bond donors (Lipinski definition) is 3. The smallest absolute Gasteiger partial charge is 0.275 e. The van der Waals surface area contributed by atoms with E-state index in [-0.39, 0.29) is 5.91 Å². The average Bonchev–Trinajstić information content (AvgIpc) is 2.97. The van der Waals surface area contributed by atoms with Crippen LogP contribution in [0.3, 0.4) is 0 Å². The monoisotopic (exact) mass is 316 g/mol. The van der Waals surface area contributed by atoms with Crippen LogP contribution >= 0.6 is 0 Å². The molecular formula is C19H16N4O. The van der Waals surface area contributed by atoms with Crippen molar-refractivity contribution in [2.45, 2.75) is 6.42 Å². The highest BCUT2D eigenvalue weighted by Gasteiger charge is 2.27. The van der Waals surface area contributed by atoms with E-state index < -0.39 is 0 Å². The lowest BCUT2D eigenvalue weighted by molar-refractivity contribution is -0.116. The second-order valence-electron chi connectivity index (χ2n) is 5.75. The molecule has 0 saturated carbocycles. The van der Waals surface area contributed by atoms with Gasteiger partial charge in [-0.1, -0.05) is 36.4 Å². The molecule has 0 aliphatic carbocycles. The fourth-order valence-electron chi connectivity index (χ4n) is 2.86. The number of benzene rings is 2. The first-order valence-electron chi connectivity index (χ1n) is 7.71. The van der Waals surface area contributed by atoms with Crippen LogP contribution in [0.4, 0.5) is 11.4 Å². The number of rotatable bonds is 2. The van der Waals surface area contributed by atoms with E-state index >= 15 is 0 Å². The maximum absolute atomic E-state index is 12.3. The standard InChI is InChI=1S/C19H16N4O/c20-14-8-5-12(6-9-14)11-17-18(19(24)23-22-17)16-10-7-13-3-1-2-4-15(13)21-16/h1-10,21H,11,20H2,(H,23,24)/b18-16-. The van der Waals surface area contributed by atoms with Gasteiger partial charge in [0.2, 0.25) is 0 Å². The lowest BCUT2D eigenvalue weighted by atomic mass is 9.98. The van der Waals surface area contributed by atoms with Crippen LogP contribution in [0, 0.1) is 0 Å². The van der Waals surface area contributed by atoms with E-state index in [0.29, 0.717) is 17.7 Å². The number of hydrogen-bond acceptors (Lipinski definition) is 4. The summed E-state index contributed by atoms with van der Waals surface area (Å²) in [5.41, 5.74) is 14.2. The quantitative estimate of drug-likeness (QED) is 0.589. The molecule has 2 aliphatic rings. The summed E-state index contributed by atoms with van der Waals surface area (Å²) in [6.45, 7) is 0. The molecule has 4 rings (SSSR count). The summed E-state index contributed by atoms with van der Waals surface area (Å²) in [5, 5.41) is 7.53. The molecule has 1 amide bonds. The van der Waals surface area contributed by atoms with Gasteiger partial charge in [-0.3, -0.25) is 4.79 Å². The van der Waals surface area contributed by atoms with Crippen LogP contribution < -0.4 is 16.5 Å². The molecule has 2 aliphatic heterocycles. The van der Waals surface area contributed by atoms with Crippen LogP contribution in [0.15, 0.2) is 71.0 Å². The maximum atomic E-state index is 12.3. The molecule has 118 valence electrons. The van der Waals surface area contributed by atoms with Crippen molar-refractivity contribution < 1.29 is 4.79 Å². The Morgan fingerprint density at radius 1 is 1.00 bits per heavy atom. The van der Waals surface area contributed by atoms with Crippen LogP contribution in [0.5, 0.6) is 0 Å². The lowest BCUT2D eigenvalue weighted by Crippen LogP contribution is -2.19. The van der Waals surface area contributed by atoms with Gasteiger partial charge in [-0.15, -0.1) is 0 Å². The zero-order chi connectivity index (χ0) is 16.5. The van der Waals surface area contributed by atoms with Crippen LogP contribution in [0.25, 0.3) is 6.08 Å². The first-order valence-corrected chi connectivity index (χ1v) is 7.71. The van der Waals surface area contributed by atoms with Crippen LogP contribution in [0.2, 0.25) is 0 Å². The van der Waals surface area contributed by atoms with E-state index in [9.17, 15) is 4.79 Å². The third-order valence-electron chi connectivity index (χ3n) is 4.09. The average molecular weight is 316 g/mol. The third-order valence-corrected chi connectivity index (χ3v) is 4.09. The number of allylic oxidation sites excluding steroid dienone is 1. The van der Waals surface area contributed by atoms with E-state index in [2.05, 4.69) is 15.8 Å². The minimum absolute atomic E-state index is 0.188. The number of nitrogen functional groups attached to an aromatic ring is 1. The number of para-hydroxylation sites is 1. The lowest BCUT2D eigenvalue weighted by Gasteiger charge is -2.17. The summed E-state index contributed by atoms with van der Waals surface area (Å²) in [4.78, 5) is 12.3. The second kappa shape index (κ2) is 5.70. The minimum atomic E-state index is -0.188. The van der Waals surface area contributed by atoms with E-state index in [1.807, 2.05) is 60.7 Å². The molecular weight excluding hydrogens is 300 g/mol. The molecule has 0 radical (unpaired) electrons. The van der Waals surface area contributed by atoms with Crippen molar-refractivity contribution in [1.29, 1.82) is 0 Å². The van der Waals surface area contributed by atoms with Gasteiger partial charge in [0, 0.05) is 17.8 Å². The molecule has 0 bridgehead atoms. The SMILES string of the molecule is Nc1ccc(CC2=NNC(=O)/C2=C2/C=Cc3ccccc3N2)cc1. The number of nitrogens with one attached hydrogen (secondary N) is 2. The van der Waals surface area contributed by atoms with Gasteiger partial charge in [0.15, 0.2) is 0 Å². The topological polar surface area (TPSA) is 79.5 Å². The fraction of sp³-hybridized carbons (Fsp3) is 0.0526. The molecule has 5 nitrogen and oxygen atoms in total. The van der Waals surface area contributed by atoms with Crippen LogP contribution in [-0.2, 0) is 11.2 Å². The number of carbonyl (C=O) groups excluding carboxylic acids is 1. The highest BCUT2D eigenvalue weighted by atomic mass is 16.2. The van der Waals surface area contributed by atoms with E-state index in [1.54, 1.807) is 0 Å². The first-order chi connectivity index (χ1) is 11.7. The molecule has 0 aromatic heterocycles. The molecule has 4 N–H and O–H groups in total. The number of carbonyl (C=O) groups is 1. The summed E-state index contributed by atoms with van der Waals surface area (Å²) in [6, 6.07) is 15.6. The normalized spacial score (nSPS) is 18.7. The predicted molar refractivity (Wildman–Crippen MR) is 96.3 cm³/mol. The van der Waals surface area contributed by atoms with E-state index in [4.69, 9.17) is 5.73 Å². The Bertz CT molecular complexity index is 907. The van der Waals surface area contributed by atoms with Gasteiger partial charge in [0.1, 0.15) is 0 Å². The fourth-order valence-corrected chi connectivity index (χ4v) is 2.86. The second-order valence-corrected chi connectivity index (χ2v) is 5.75. The molecule has 5 heteroatoms. The van der Waals surface area contributed by atoms with Gasteiger partial charge < -0.3 is 11.1 Å².